The van der Waals surface area contributed by atoms with E-state index in [1.165, 1.54) is 0 Å². The fraction of sp³-hybridized carbons (Fsp3) is 0.615. The fourth-order valence-electron chi connectivity index (χ4n) is 1.81. The van der Waals surface area contributed by atoms with Crippen molar-refractivity contribution in [2.45, 2.75) is 40.2 Å². The van der Waals surface area contributed by atoms with E-state index in [4.69, 9.17) is 0 Å². The minimum atomic E-state index is -3.24. The molecule has 5 heteroatoms. The molecule has 0 fully saturated rings. The van der Waals surface area contributed by atoms with E-state index >= 15 is 0 Å². The van der Waals surface area contributed by atoms with Gasteiger partial charge in [-0.25, -0.2) is 13.1 Å². The average molecular weight is 270 g/mol. The summed E-state index contributed by atoms with van der Waals surface area (Å²) in [7, 11) is -3.24. The lowest BCUT2D eigenvalue weighted by Crippen LogP contribution is -2.32. The summed E-state index contributed by atoms with van der Waals surface area (Å²) in [5, 5.41) is 0. The third-order valence-electron chi connectivity index (χ3n) is 2.58. The van der Waals surface area contributed by atoms with Crippen LogP contribution in [0.5, 0.6) is 0 Å². The number of aromatic nitrogens is 1. The normalized spacial score (nSPS) is 13.8. The van der Waals surface area contributed by atoms with Gasteiger partial charge in [-0.3, -0.25) is 4.98 Å². The number of rotatable bonds is 6. The summed E-state index contributed by atoms with van der Waals surface area (Å²) < 4.78 is 26.6. The third-order valence-corrected chi connectivity index (χ3v) is 4.33. The van der Waals surface area contributed by atoms with Crippen molar-refractivity contribution < 1.29 is 8.42 Å². The summed E-state index contributed by atoms with van der Waals surface area (Å²) in [6.07, 6.45) is 2.40. The molecule has 0 aliphatic rings. The van der Waals surface area contributed by atoms with Gasteiger partial charge in [-0.1, -0.05) is 20.8 Å². The van der Waals surface area contributed by atoms with Gasteiger partial charge in [0.1, 0.15) is 0 Å². The number of pyridine rings is 1. The first-order valence-electron chi connectivity index (χ1n) is 6.26. The highest BCUT2D eigenvalue weighted by atomic mass is 32.2. The van der Waals surface area contributed by atoms with Crippen LogP contribution >= 0.6 is 0 Å². The Bertz CT molecular complexity index is 484. The van der Waals surface area contributed by atoms with Crippen LogP contribution in [0.2, 0.25) is 0 Å². The van der Waals surface area contributed by atoms with E-state index in [0.29, 0.717) is 6.42 Å². The zero-order valence-corrected chi connectivity index (χ0v) is 12.3. The number of nitrogens with zero attached hydrogens (tertiary/aromatic N) is 1. The van der Waals surface area contributed by atoms with Gasteiger partial charge in [-0.2, -0.15) is 0 Å². The molecular formula is C13H22N2O2S. The largest absolute Gasteiger partial charge is 0.260 e. The Labute approximate surface area is 110 Å². The minimum Gasteiger partial charge on any atom is -0.260 e. The summed E-state index contributed by atoms with van der Waals surface area (Å²) in [5.41, 5.74) is 1.87. The van der Waals surface area contributed by atoms with Crippen LogP contribution in [0.4, 0.5) is 0 Å². The van der Waals surface area contributed by atoms with Crippen molar-refractivity contribution in [1.29, 1.82) is 0 Å². The topological polar surface area (TPSA) is 59.1 Å². The monoisotopic (exact) mass is 270 g/mol. The lowest BCUT2D eigenvalue weighted by Gasteiger charge is -2.17. The van der Waals surface area contributed by atoms with Crippen molar-refractivity contribution in [2.24, 2.45) is 5.92 Å². The summed E-state index contributed by atoms with van der Waals surface area (Å²) in [5.74, 6) is 0.264. The zero-order chi connectivity index (χ0) is 13.8. The van der Waals surface area contributed by atoms with E-state index in [0.717, 1.165) is 11.3 Å². The van der Waals surface area contributed by atoms with Crippen molar-refractivity contribution in [1.82, 2.24) is 9.71 Å². The van der Waals surface area contributed by atoms with Gasteiger partial charge in [0, 0.05) is 6.20 Å². The first kappa shape index (κ1) is 15.1. The Morgan fingerprint density at radius 2 is 2.06 bits per heavy atom. The Balaban J connectivity index is 2.86. The first-order valence-corrected chi connectivity index (χ1v) is 7.92. The molecule has 0 aliphatic heterocycles. The lowest BCUT2D eigenvalue weighted by atomic mass is 10.1. The molecule has 0 bridgehead atoms. The van der Waals surface area contributed by atoms with Crippen molar-refractivity contribution in [2.75, 3.05) is 5.75 Å². The Morgan fingerprint density at radius 1 is 1.39 bits per heavy atom. The highest BCUT2D eigenvalue weighted by Crippen LogP contribution is 2.16. The quantitative estimate of drug-likeness (QED) is 0.863. The molecule has 1 N–H and O–H groups in total. The third kappa shape index (κ3) is 4.74. The van der Waals surface area contributed by atoms with Crippen LogP contribution in [-0.2, 0) is 10.0 Å². The van der Waals surface area contributed by atoms with Crippen LogP contribution in [-0.4, -0.2) is 19.2 Å². The van der Waals surface area contributed by atoms with Crippen molar-refractivity contribution in [3.05, 3.63) is 29.6 Å². The Morgan fingerprint density at radius 3 is 2.56 bits per heavy atom. The van der Waals surface area contributed by atoms with Crippen LogP contribution in [0.1, 0.15) is 44.5 Å². The van der Waals surface area contributed by atoms with Gasteiger partial charge >= 0.3 is 0 Å². The molecule has 0 unspecified atom stereocenters. The number of aryl methyl sites for hydroxylation is 1. The molecule has 0 saturated carbocycles. The standard InChI is InChI=1S/C13H22N2O2S/c1-5-12(13-8-11(4)6-7-14-13)15-18(16,17)9-10(2)3/h6-8,10,12,15H,5,9H2,1-4H3/t12-/m1/s1. The fourth-order valence-corrected chi connectivity index (χ4v) is 3.50. The lowest BCUT2D eigenvalue weighted by molar-refractivity contribution is 0.535. The molecule has 18 heavy (non-hydrogen) atoms. The van der Waals surface area contributed by atoms with E-state index in [1.807, 2.05) is 39.8 Å². The SMILES string of the molecule is CC[C@@H](NS(=O)(=O)CC(C)C)c1cc(C)ccn1. The molecular weight excluding hydrogens is 248 g/mol. The molecule has 4 nitrogen and oxygen atoms in total. The number of hydrogen-bond donors (Lipinski definition) is 1. The van der Waals surface area contributed by atoms with Gasteiger partial charge < -0.3 is 0 Å². The molecule has 0 spiro atoms. The van der Waals surface area contributed by atoms with E-state index in [-0.39, 0.29) is 17.7 Å². The molecule has 1 aromatic rings. The molecule has 102 valence electrons. The van der Waals surface area contributed by atoms with Crippen LogP contribution in [0.3, 0.4) is 0 Å². The minimum absolute atomic E-state index is 0.116. The molecule has 1 heterocycles. The van der Waals surface area contributed by atoms with Gasteiger partial charge in [-0.15, -0.1) is 0 Å². The second-order valence-corrected chi connectivity index (χ2v) is 6.81. The predicted molar refractivity (Wildman–Crippen MR) is 73.8 cm³/mol. The van der Waals surface area contributed by atoms with Crippen molar-refractivity contribution in [3.63, 3.8) is 0 Å². The first-order chi connectivity index (χ1) is 8.34. The van der Waals surface area contributed by atoms with Gasteiger partial charge in [0.25, 0.3) is 0 Å². The second kappa shape index (κ2) is 6.29. The predicted octanol–water partition coefficient (Wildman–Crippen LogP) is 2.42. The smallest absolute Gasteiger partial charge is 0.212 e. The maximum absolute atomic E-state index is 11.9. The van der Waals surface area contributed by atoms with Gasteiger partial charge in [-0.05, 0) is 37.0 Å². The summed E-state index contributed by atoms with van der Waals surface area (Å²) in [6, 6.07) is 3.58. The van der Waals surface area contributed by atoms with E-state index < -0.39 is 10.0 Å². The maximum atomic E-state index is 11.9. The van der Waals surface area contributed by atoms with Crippen LogP contribution in [0, 0.1) is 12.8 Å². The molecule has 0 saturated heterocycles. The second-order valence-electron chi connectivity index (χ2n) is 5.01. The molecule has 1 aromatic heterocycles. The number of sulfonamides is 1. The molecule has 0 radical (unpaired) electrons. The molecule has 1 rings (SSSR count). The molecule has 0 aromatic carbocycles. The highest BCUT2D eigenvalue weighted by molar-refractivity contribution is 7.89. The van der Waals surface area contributed by atoms with E-state index in [2.05, 4.69) is 9.71 Å². The van der Waals surface area contributed by atoms with E-state index in [9.17, 15) is 8.42 Å². The van der Waals surface area contributed by atoms with Gasteiger partial charge in [0.2, 0.25) is 10.0 Å². The Hall–Kier alpha value is -0.940. The van der Waals surface area contributed by atoms with E-state index in [1.54, 1.807) is 6.20 Å². The molecule has 1 atom stereocenters. The van der Waals surface area contributed by atoms with Crippen LogP contribution in [0.25, 0.3) is 0 Å². The number of nitrogens with one attached hydrogen (secondary N) is 1. The number of hydrogen-bond acceptors (Lipinski definition) is 3. The summed E-state index contributed by atoms with van der Waals surface area (Å²) in [6.45, 7) is 7.71. The van der Waals surface area contributed by atoms with Crippen molar-refractivity contribution >= 4 is 10.0 Å². The van der Waals surface area contributed by atoms with Gasteiger partial charge in [0.15, 0.2) is 0 Å². The maximum Gasteiger partial charge on any atom is 0.212 e. The van der Waals surface area contributed by atoms with Crippen LogP contribution in [0.15, 0.2) is 18.3 Å². The van der Waals surface area contributed by atoms with Crippen molar-refractivity contribution in [3.8, 4) is 0 Å². The molecule has 0 amide bonds. The highest BCUT2D eigenvalue weighted by Gasteiger charge is 2.20. The molecule has 0 aliphatic carbocycles. The average Bonchev–Trinajstić information content (AvgIpc) is 2.24. The van der Waals surface area contributed by atoms with Crippen LogP contribution < -0.4 is 4.72 Å². The summed E-state index contributed by atoms with van der Waals surface area (Å²) >= 11 is 0. The summed E-state index contributed by atoms with van der Waals surface area (Å²) in [4.78, 5) is 4.25. The Kier molecular flexibility index (Phi) is 5.28. The zero-order valence-electron chi connectivity index (χ0n) is 11.5. The van der Waals surface area contributed by atoms with Gasteiger partial charge in [0.05, 0.1) is 17.5 Å².